The zero-order chi connectivity index (χ0) is 11.5. The first-order valence-electron chi connectivity index (χ1n) is 5.55. The predicted octanol–water partition coefficient (Wildman–Crippen LogP) is 1.01. The Bertz CT molecular complexity index is 379. The number of ether oxygens (including phenoxy) is 2. The fraction of sp³-hybridized carbons (Fsp3) is 0.500. The van der Waals surface area contributed by atoms with Gasteiger partial charge in [-0.3, -0.25) is 0 Å². The number of aliphatic hydroxyl groups is 1. The molecule has 1 aromatic carbocycles. The summed E-state index contributed by atoms with van der Waals surface area (Å²) in [6, 6.07) is 3.41. The van der Waals surface area contributed by atoms with Gasteiger partial charge in [-0.25, -0.2) is 0 Å². The Morgan fingerprint density at radius 1 is 1.38 bits per heavy atom. The Labute approximate surface area is 95.0 Å². The van der Waals surface area contributed by atoms with Crippen LogP contribution in [0.1, 0.15) is 24.1 Å². The highest BCUT2D eigenvalue weighted by Crippen LogP contribution is 2.37. The van der Waals surface area contributed by atoms with Gasteiger partial charge in [-0.1, -0.05) is 13.0 Å². The van der Waals surface area contributed by atoms with E-state index < -0.39 is 0 Å². The average Bonchev–Trinajstić information content (AvgIpc) is 2.36. The highest BCUT2D eigenvalue weighted by molar-refractivity contribution is 5.52. The maximum atomic E-state index is 9.12. The fourth-order valence-corrected chi connectivity index (χ4v) is 2.00. The van der Waals surface area contributed by atoms with Crippen LogP contribution in [0.3, 0.4) is 0 Å². The summed E-state index contributed by atoms with van der Waals surface area (Å²) in [5, 5.41) is 9.12. The number of hydrogen-bond donors (Lipinski definition) is 2. The van der Waals surface area contributed by atoms with Crippen LogP contribution in [0.5, 0.6) is 11.5 Å². The van der Waals surface area contributed by atoms with Crippen LogP contribution in [-0.2, 0) is 6.42 Å². The molecule has 1 heterocycles. The molecule has 0 spiro atoms. The first-order valence-corrected chi connectivity index (χ1v) is 5.55. The molecule has 4 heteroatoms. The zero-order valence-electron chi connectivity index (χ0n) is 9.40. The Morgan fingerprint density at radius 3 is 2.81 bits per heavy atom. The lowest BCUT2D eigenvalue weighted by molar-refractivity contribution is 0.169. The van der Waals surface area contributed by atoms with Crippen LogP contribution in [0.2, 0.25) is 0 Å². The second-order valence-corrected chi connectivity index (χ2v) is 3.80. The molecule has 88 valence electrons. The van der Waals surface area contributed by atoms with E-state index in [1.54, 1.807) is 0 Å². The number of fused-ring (bicyclic) bond motifs is 1. The summed E-state index contributed by atoms with van der Waals surface area (Å²) in [5.41, 5.74) is 7.84. The molecule has 0 aliphatic carbocycles. The molecule has 0 amide bonds. The standard InChI is InChI=1S/C12H17NO3/c1-2-8-9(10(13)7-14)3-4-11-12(8)16-6-5-15-11/h3-4,10,14H,2,5-7,13H2,1H3. The number of nitrogens with two attached hydrogens (primary N) is 1. The third-order valence-electron chi connectivity index (χ3n) is 2.80. The van der Waals surface area contributed by atoms with E-state index in [0.29, 0.717) is 13.2 Å². The van der Waals surface area contributed by atoms with Gasteiger partial charge < -0.3 is 20.3 Å². The molecule has 1 unspecified atom stereocenters. The van der Waals surface area contributed by atoms with Crippen molar-refractivity contribution in [2.24, 2.45) is 5.73 Å². The van der Waals surface area contributed by atoms with Gasteiger partial charge >= 0.3 is 0 Å². The van der Waals surface area contributed by atoms with Gasteiger partial charge in [0.2, 0.25) is 0 Å². The molecule has 3 N–H and O–H groups in total. The average molecular weight is 223 g/mol. The summed E-state index contributed by atoms with van der Waals surface area (Å²) in [7, 11) is 0. The van der Waals surface area contributed by atoms with Gasteiger partial charge in [0.15, 0.2) is 11.5 Å². The van der Waals surface area contributed by atoms with Gasteiger partial charge in [0.05, 0.1) is 12.6 Å². The second kappa shape index (κ2) is 4.72. The normalized spacial score (nSPS) is 15.9. The molecule has 1 aromatic rings. The summed E-state index contributed by atoms with van der Waals surface area (Å²) >= 11 is 0. The number of benzene rings is 1. The lowest BCUT2D eigenvalue weighted by Gasteiger charge is -2.24. The minimum atomic E-state index is -0.356. The lowest BCUT2D eigenvalue weighted by Crippen LogP contribution is -2.20. The van der Waals surface area contributed by atoms with Gasteiger partial charge in [0, 0.05) is 5.56 Å². The van der Waals surface area contributed by atoms with Gasteiger partial charge in [-0.15, -0.1) is 0 Å². The summed E-state index contributed by atoms with van der Waals surface area (Å²) in [6.07, 6.45) is 0.815. The first-order chi connectivity index (χ1) is 7.77. The van der Waals surface area contributed by atoms with Crippen LogP contribution in [0, 0.1) is 0 Å². The van der Waals surface area contributed by atoms with Crippen LogP contribution < -0.4 is 15.2 Å². The Hall–Kier alpha value is -1.26. The SMILES string of the molecule is CCc1c(C(N)CO)ccc2c1OCCO2. The topological polar surface area (TPSA) is 64.7 Å². The monoisotopic (exact) mass is 223 g/mol. The predicted molar refractivity (Wildman–Crippen MR) is 60.8 cm³/mol. The fourth-order valence-electron chi connectivity index (χ4n) is 2.00. The molecule has 0 fully saturated rings. The van der Waals surface area contributed by atoms with Crippen molar-refractivity contribution in [1.29, 1.82) is 0 Å². The van der Waals surface area contributed by atoms with Crippen LogP contribution in [0.15, 0.2) is 12.1 Å². The molecular weight excluding hydrogens is 206 g/mol. The molecule has 0 bridgehead atoms. The first kappa shape index (κ1) is 11.2. The molecule has 0 aromatic heterocycles. The number of aliphatic hydroxyl groups excluding tert-OH is 1. The van der Waals surface area contributed by atoms with Gasteiger partial charge in [0.1, 0.15) is 13.2 Å². The van der Waals surface area contributed by atoms with Gasteiger partial charge in [-0.05, 0) is 18.1 Å². The van der Waals surface area contributed by atoms with E-state index in [2.05, 4.69) is 0 Å². The van der Waals surface area contributed by atoms with E-state index in [1.807, 2.05) is 19.1 Å². The van der Waals surface area contributed by atoms with E-state index in [9.17, 15) is 0 Å². The maximum absolute atomic E-state index is 9.12. The summed E-state index contributed by atoms with van der Waals surface area (Å²) in [4.78, 5) is 0. The van der Waals surface area contributed by atoms with Crippen molar-refractivity contribution >= 4 is 0 Å². The van der Waals surface area contributed by atoms with Crippen molar-refractivity contribution in [1.82, 2.24) is 0 Å². The van der Waals surface area contributed by atoms with Crippen molar-refractivity contribution in [2.45, 2.75) is 19.4 Å². The van der Waals surface area contributed by atoms with Crippen molar-refractivity contribution in [2.75, 3.05) is 19.8 Å². The highest BCUT2D eigenvalue weighted by Gasteiger charge is 2.20. The summed E-state index contributed by atoms with van der Waals surface area (Å²) in [5.74, 6) is 1.56. The minimum Gasteiger partial charge on any atom is -0.486 e. The Morgan fingerprint density at radius 2 is 2.12 bits per heavy atom. The van der Waals surface area contributed by atoms with E-state index in [4.69, 9.17) is 20.3 Å². The summed E-state index contributed by atoms with van der Waals surface area (Å²) in [6.45, 7) is 3.13. The second-order valence-electron chi connectivity index (χ2n) is 3.80. The Balaban J connectivity index is 2.47. The van der Waals surface area contributed by atoms with Gasteiger partial charge in [-0.2, -0.15) is 0 Å². The molecule has 0 radical (unpaired) electrons. The number of rotatable bonds is 3. The lowest BCUT2D eigenvalue weighted by atomic mass is 9.97. The van der Waals surface area contributed by atoms with E-state index in [1.165, 1.54) is 0 Å². The number of hydrogen-bond acceptors (Lipinski definition) is 4. The maximum Gasteiger partial charge on any atom is 0.164 e. The third-order valence-corrected chi connectivity index (χ3v) is 2.80. The molecule has 0 saturated carbocycles. The van der Waals surface area contributed by atoms with Crippen LogP contribution in [0.4, 0.5) is 0 Å². The van der Waals surface area contributed by atoms with Gasteiger partial charge in [0.25, 0.3) is 0 Å². The van der Waals surface area contributed by atoms with Crippen LogP contribution in [-0.4, -0.2) is 24.9 Å². The quantitative estimate of drug-likeness (QED) is 0.802. The van der Waals surface area contributed by atoms with Crippen molar-refractivity contribution in [3.63, 3.8) is 0 Å². The van der Waals surface area contributed by atoms with E-state index >= 15 is 0 Å². The van der Waals surface area contributed by atoms with Crippen molar-refractivity contribution < 1.29 is 14.6 Å². The van der Waals surface area contributed by atoms with Crippen molar-refractivity contribution in [3.8, 4) is 11.5 Å². The summed E-state index contributed by atoms with van der Waals surface area (Å²) < 4.78 is 11.1. The molecule has 1 aliphatic rings. The zero-order valence-corrected chi connectivity index (χ0v) is 9.40. The third kappa shape index (κ3) is 1.86. The minimum absolute atomic E-state index is 0.0629. The molecular formula is C12H17NO3. The smallest absolute Gasteiger partial charge is 0.164 e. The molecule has 4 nitrogen and oxygen atoms in total. The largest absolute Gasteiger partial charge is 0.486 e. The Kier molecular flexibility index (Phi) is 3.31. The molecule has 1 aliphatic heterocycles. The molecule has 16 heavy (non-hydrogen) atoms. The van der Waals surface area contributed by atoms with Crippen LogP contribution in [0.25, 0.3) is 0 Å². The molecule has 1 atom stereocenters. The molecule has 0 saturated heterocycles. The highest BCUT2D eigenvalue weighted by atomic mass is 16.6. The van der Waals surface area contributed by atoms with E-state index in [0.717, 1.165) is 29.0 Å². The van der Waals surface area contributed by atoms with E-state index in [-0.39, 0.29) is 12.6 Å². The van der Waals surface area contributed by atoms with Crippen molar-refractivity contribution in [3.05, 3.63) is 23.3 Å². The molecule has 2 rings (SSSR count). The van der Waals surface area contributed by atoms with Crippen LogP contribution >= 0.6 is 0 Å².